The number of benzene rings is 1. The molecule has 3 aromatic rings. The van der Waals surface area contributed by atoms with Crippen molar-refractivity contribution in [2.45, 2.75) is 39.3 Å². The number of para-hydroxylation sites is 1. The van der Waals surface area contributed by atoms with Crippen molar-refractivity contribution in [2.75, 3.05) is 7.05 Å². The van der Waals surface area contributed by atoms with E-state index < -0.39 is 0 Å². The van der Waals surface area contributed by atoms with E-state index in [2.05, 4.69) is 35.5 Å². The van der Waals surface area contributed by atoms with Crippen molar-refractivity contribution in [3.63, 3.8) is 0 Å². The molecule has 0 radical (unpaired) electrons. The first-order valence-electron chi connectivity index (χ1n) is 8.99. The first-order chi connectivity index (χ1) is 12.5. The van der Waals surface area contributed by atoms with Gasteiger partial charge in [-0.25, -0.2) is 4.98 Å². The van der Waals surface area contributed by atoms with Crippen LogP contribution in [0.15, 0.2) is 36.4 Å². The Morgan fingerprint density at radius 2 is 2.12 bits per heavy atom. The van der Waals surface area contributed by atoms with Crippen molar-refractivity contribution >= 4 is 33.5 Å². The molecule has 5 heteroatoms. The molecule has 1 saturated carbocycles. The Labute approximate surface area is 157 Å². The molecule has 0 unspecified atom stereocenters. The number of nitrogens with zero attached hydrogens (tertiary/aromatic N) is 3. The third kappa shape index (κ3) is 3.31. The number of thiazole rings is 1. The molecule has 1 aliphatic carbocycles. The molecule has 1 amide bonds. The van der Waals surface area contributed by atoms with Crippen LogP contribution in [0.2, 0.25) is 0 Å². The molecular formula is C21H23N3OS. The first-order valence-corrected chi connectivity index (χ1v) is 9.80. The van der Waals surface area contributed by atoms with E-state index in [4.69, 9.17) is 0 Å². The van der Waals surface area contributed by atoms with Gasteiger partial charge in [-0.3, -0.25) is 4.79 Å². The molecule has 0 bridgehead atoms. The normalized spacial score (nSPS) is 14.4. The molecule has 4 nitrogen and oxygen atoms in total. The van der Waals surface area contributed by atoms with E-state index >= 15 is 0 Å². The van der Waals surface area contributed by atoms with Gasteiger partial charge in [-0.2, -0.15) is 0 Å². The minimum atomic E-state index is 0.000445. The van der Waals surface area contributed by atoms with Crippen LogP contribution in [0, 0.1) is 13.8 Å². The third-order valence-electron chi connectivity index (χ3n) is 4.93. The molecule has 0 saturated heterocycles. The van der Waals surface area contributed by atoms with Gasteiger partial charge in [0.25, 0.3) is 0 Å². The summed E-state index contributed by atoms with van der Waals surface area (Å²) in [4.78, 5) is 18.8. The molecule has 1 aliphatic rings. The van der Waals surface area contributed by atoms with Crippen LogP contribution < -0.4 is 0 Å². The highest BCUT2D eigenvalue weighted by molar-refractivity contribution is 7.18. The number of rotatable bonds is 5. The van der Waals surface area contributed by atoms with E-state index in [1.165, 1.54) is 24.2 Å². The highest BCUT2D eigenvalue weighted by Gasteiger charge is 2.26. The number of aromatic nitrogens is 2. The van der Waals surface area contributed by atoms with Gasteiger partial charge in [0.15, 0.2) is 0 Å². The van der Waals surface area contributed by atoms with Gasteiger partial charge in [0.05, 0.1) is 16.8 Å². The van der Waals surface area contributed by atoms with Crippen molar-refractivity contribution in [2.24, 2.45) is 0 Å². The number of hydrogen-bond acceptors (Lipinski definition) is 3. The standard InChI is InChI=1S/C21H23N3OS/c1-14-12-16(15(2)24(14)17-9-10-17)8-11-21(25)23(3)13-20-22-18-6-4-5-7-19(18)26-20/h4-8,11-12,17H,9-10,13H2,1-3H3/b11-8+. The second-order valence-electron chi connectivity index (χ2n) is 7.03. The molecule has 0 atom stereocenters. The average Bonchev–Trinajstić information content (AvgIpc) is 3.29. The second-order valence-corrected chi connectivity index (χ2v) is 8.15. The van der Waals surface area contributed by atoms with Crippen LogP contribution in [0.25, 0.3) is 16.3 Å². The molecule has 134 valence electrons. The number of aryl methyl sites for hydroxylation is 1. The smallest absolute Gasteiger partial charge is 0.246 e. The average molecular weight is 366 g/mol. The van der Waals surface area contributed by atoms with Crippen LogP contribution in [0.5, 0.6) is 0 Å². The minimum absolute atomic E-state index is 0.000445. The Morgan fingerprint density at radius 3 is 2.85 bits per heavy atom. The Bertz CT molecular complexity index is 961. The van der Waals surface area contributed by atoms with Crippen molar-refractivity contribution < 1.29 is 4.79 Å². The molecule has 1 fully saturated rings. The number of likely N-dealkylation sites (N-methyl/N-ethyl adjacent to an activating group) is 1. The van der Waals surface area contributed by atoms with Gasteiger partial charge in [0.2, 0.25) is 5.91 Å². The lowest BCUT2D eigenvalue weighted by Gasteiger charge is -2.12. The van der Waals surface area contributed by atoms with Gasteiger partial charge < -0.3 is 9.47 Å². The van der Waals surface area contributed by atoms with Gasteiger partial charge in [-0.1, -0.05) is 12.1 Å². The largest absolute Gasteiger partial charge is 0.346 e. The third-order valence-corrected chi connectivity index (χ3v) is 5.95. The molecule has 0 spiro atoms. The van der Waals surface area contributed by atoms with E-state index in [1.54, 1.807) is 22.3 Å². The first kappa shape index (κ1) is 17.0. The van der Waals surface area contributed by atoms with Crippen molar-refractivity contribution in [3.8, 4) is 0 Å². The van der Waals surface area contributed by atoms with Gasteiger partial charge in [0.1, 0.15) is 5.01 Å². The Balaban J connectivity index is 1.45. The van der Waals surface area contributed by atoms with Crippen molar-refractivity contribution in [1.29, 1.82) is 0 Å². The van der Waals surface area contributed by atoms with Gasteiger partial charge in [0, 0.05) is 30.6 Å². The fourth-order valence-electron chi connectivity index (χ4n) is 3.42. The molecule has 2 aromatic heterocycles. The van der Waals surface area contributed by atoms with Crippen molar-refractivity contribution in [1.82, 2.24) is 14.5 Å². The monoisotopic (exact) mass is 365 g/mol. The second kappa shape index (κ2) is 6.72. The lowest BCUT2D eigenvalue weighted by Crippen LogP contribution is -2.23. The Kier molecular flexibility index (Phi) is 4.41. The van der Waals surface area contributed by atoms with Crippen molar-refractivity contribution in [3.05, 3.63) is 58.4 Å². The van der Waals surface area contributed by atoms with Crippen LogP contribution >= 0.6 is 11.3 Å². The van der Waals surface area contributed by atoms with E-state index in [9.17, 15) is 4.79 Å². The molecule has 2 heterocycles. The molecule has 1 aromatic carbocycles. The van der Waals surface area contributed by atoms with Gasteiger partial charge in [-0.05, 0) is 56.5 Å². The molecular weight excluding hydrogens is 342 g/mol. The number of carbonyl (C=O) groups is 1. The summed E-state index contributed by atoms with van der Waals surface area (Å²) >= 11 is 1.64. The minimum Gasteiger partial charge on any atom is -0.346 e. The van der Waals surface area contributed by atoms with E-state index in [-0.39, 0.29) is 5.91 Å². The zero-order valence-corrected chi connectivity index (χ0v) is 16.2. The summed E-state index contributed by atoms with van der Waals surface area (Å²) in [5.41, 5.74) is 4.66. The van der Waals surface area contributed by atoms with E-state index in [1.807, 2.05) is 31.3 Å². The predicted octanol–water partition coefficient (Wildman–Crippen LogP) is 4.72. The summed E-state index contributed by atoms with van der Waals surface area (Å²) in [5.74, 6) is 0.000445. The van der Waals surface area contributed by atoms with Crippen LogP contribution in [0.1, 0.15) is 40.8 Å². The Morgan fingerprint density at radius 1 is 1.35 bits per heavy atom. The fourth-order valence-corrected chi connectivity index (χ4v) is 4.44. The maximum atomic E-state index is 12.5. The summed E-state index contributed by atoms with van der Waals surface area (Å²) in [7, 11) is 1.83. The SMILES string of the molecule is Cc1cc(/C=C/C(=O)N(C)Cc2nc3ccccc3s2)c(C)n1C1CC1. The molecule has 0 N–H and O–H groups in total. The predicted molar refractivity (Wildman–Crippen MR) is 107 cm³/mol. The quantitative estimate of drug-likeness (QED) is 0.614. The Hall–Kier alpha value is -2.40. The maximum absolute atomic E-state index is 12.5. The van der Waals surface area contributed by atoms with E-state index in [0.717, 1.165) is 20.8 Å². The van der Waals surface area contributed by atoms with Crippen LogP contribution in [-0.4, -0.2) is 27.4 Å². The highest BCUT2D eigenvalue weighted by Crippen LogP contribution is 2.38. The molecule has 26 heavy (non-hydrogen) atoms. The number of hydrogen-bond donors (Lipinski definition) is 0. The summed E-state index contributed by atoms with van der Waals surface area (Å²) in [6.07, 6.45) is 6.15. The topological polar surface area (TPSA) is 38.1 Å². The van der Waals surface area contributed by atoms with Crippen LogP contribution in [0.4, 0.5) is 0 Å². The van der Waals surface area contributed by atoms with Crippen LogP contribution in [-0.2, 0) is 11.3 Å². The van der Waals surface area contributed by atoms with Gasteiger partial charge >= 0.3 is 0 Å². The number of amides is 1. The van der Waals surface area contributed by atoms with E-state index in [0.29, 0.717) is 12.6 Å². The lowest BCUT2D eigenvalue weighted by atomic mass is 10.2. The zero-order chi connectivity index (χ0) is 18.3. The summed E-state index contributed by atoms with van der Waals surface area (Å²) < 4.78 is 3.56. The van der Waals surface area contributed by atoms with Crippen LogP contribution in [0.3, 0.4) is 0 Å². The number of carbonyl (C=O) groups excluding carboxylic acids is 1. The molecule has 4 rings (SSSR count). The summed E-state index contributed by atoms with van der Waals surface area (Å²) in [6.45, 7) is 4.81. The fraction of sp³-hybridized carbons (Fsp3) is 0.333. The highest BCUT2D eigenvalue weighted by atomic mass is 32.1. The van der Waals surface area contributed by atoms with Gasteiger partial charge in [-0.15, -0.1) is 11.3 Å². The maximum Gasteiger partial charge on any atom is 0.246 e. The lowest BCUT2D eigenvalue weighted by molar-refractivity contribution is -0.125. The zero-order valence-electron chi connectivity index (χ0n) is 15.4. The summed E-state index contributed by atoms with van der Waals surface area (Å²) in [5, 5.41) is 0.961. The molecule has 0 aliphatic heterocycles. The number of fused-ring (bicyclic) bond motifs is 1. The summed E-state index contributed by atoms with van der Waals surface area (Å²) in [6, 6.07) is 10.9.